The van der Waals surface area contributed by atoms with Crippen molar-refractivity contribution >= 4 is 11.6 Å². The van der Waals surface area contributed by atoms with Gasteiger partial charge in [-0.2, -0.15) is 0 Å². The van der Waals surface area contributed by atoms with Crippen LogP contribution in [0.5, 0.6) is 0 Å². The molecule has 0 fully saturated rings. The van der Waals surface area contributed by atoms with E-state index in [1.807, 2.05) is 6.92 Å². The average Bonchev–Trinajstić information content (AvgIpc) is 2.71. The van der Waals surface area contributed by atoms with Crippen LogP contribution in [0.15, 0.2) is 36.4 Å². The summed E-state index contributed by atoms with van der Waals surface area (Å²) in [6.07, 6.45) is 1.18. The van der Waals surface area contributed by atoms with Crippen molar-refractivity contribution in [3.63, 3.8) is 0 Å². The predicted octanol–water partition coefficient (Wildman–Crippen LogP) is 7.70. The summed E-state index contributed by atoms with van der Waals surface area (Å²) in [6, 6.07) is 6.84. The molecule has 0 radical (unpaired) electrons. The quantitative estimate of drug-likeness (QED) is 0.234. The van der Waals surface area contributed by atoms with Crippen LogP contribution in [0, 0.1) is 34.9 Å². The molecule has 0 spiro atoms. The van der Waals surface area contributed by atoms with E-state index in [0.717, 1.165) is 30.7 Å². The third-order valence-electron chi connectivity index (χ3n) is 5.31. The molecule has 0 amide bonds. The number of benzene rings is 3. The highest BCUT2D eigenvalue weighted by Gasteiger charge is 2.16. The molecule has 3 aromatic carbocycles. The van der Waals surface area contributed by atoms with Crippen LogP contribution in [0.25, 0.3) is 0 Å². The standard InChI is InChI=1S/C25H21ClF6/c1-2-3-14-8-19(27)17(20(28)9-14)6-4-15-10-21(29)18(22(30)11-15)7-5-16-12-23(31)25(26)24(32)13-16/h8-13H,2-7H2,1H3. The van der Waals surface area contributed by atoms with Gasteiger partial charge in [0.05, 0.1) is 0 Å². The highest BCUT2D eigenvalue weighted by atomic mass is 35.5. The van der Waals surface area contributed by atoms with Gasteiger partial charge < -0.3 is 0 Å². The van der Waals surface area contributed by atoms with Crippen LogP contribution in [0.2, 0.25) is 5.02 Å². The van der Waals surface area contributed by atoms with E-state index in [9.17, 15) is 26.3 Å². The van der Waals surface area contributed by atoms with Crippen LogP contribution >= 0.6 is 11.6 Å². The molecule has 0 heterocycles. The predicted molar refractivity (Wildman–Crippen MR) is 113 cm³/mol. The Kier molecular flexibility index (Phi) is 7.88. The van der Waals surface area contributed by atoms with Gasteiger partial charge in [0, 0.05) is 11.1 Å². The molecule has 170 valence electrons. The molecule has 0 unspecified atom stereocenters. The number of rotatable bonds is 8. The van der Waals surface area contributed by atoms with Gasteiger partial charge in [-0.3, -0.25) is 0 Å². The minimum absolute atomic E-state index is 0.00126. The molecule has 0 aliphatic carbocycles. The Balaban J connectivity index is 1.71. The smallest absolute Gasteiger partial charge is 0.145 e. The molecule has 0 nitrogen and oxygen atoms in total. The summed E-state index contributed by atoms with van der Waals surface area (Å²) in [5, 5.41) is -0.636. The summed E-state index contributed by atoms with van der Waals surface area (Å²) in [7, 11) is 0. The largest absolute Gasteiger partial charge is 0.207 e. The molecule has 7 heteroatoms. The van der Waals surface area contributed by atoms with Crippen LogP contribution in [0.4, 0.5) is 26.3 Å². The van der Waals surface area contributed by atoms with Gasteiger partial charge in [-0.05, 0) is 85.2 Å². The summed E-state index contributed by atoms with van der Waals surface area (Å²) in [6.45, 7) is 1.91. The summed E-state index contributed by atoms with van der Waals surface area (Å²) < 4.78 is 84.6. The molecule has 0 atom stereocenters. The molecule has 0 bridgehead atoms. The molecular formula is C25H21ClF6. The van der Waals surface area contributed by atoms with Crippen molar-refractivity contribution in [2.45, 2.75) is 45.4 Å². The normalized spacial score (nSPS) is 11.2. The first kappa shape index (κ1) is 24.2. The number of halogens is 7. The molecular weight excluding hydrogens is 450 g/mol. The first-order chi connectivity index (χ1) is 15.2. The van der Waals surface area contributed by atoms with Gasteiger partial charge in [0.25, 0.3) is 0 Å². The summed E-state index contributed by atoms with van der Waals surface area (Å²) in [4.78, 5) is 0. The van der Waals surface area contributed by atoms with Gasteiger partial charge in [-0.1, -0.05) is 24.9 Å². The Morgan fingerprint density at radius 1 is 0.500 bits per heavy atom. The van der Waals surface area contributed by atoms with E-state index in [1.165, 1.54) is 12.1 Å². The number of aryl methyl sites for hydroxylation is 3. The van der Waals surface area contributed by atoms with Crippen LogP contribution in [0.3, 0.4) is 0 Å². The Labute approximate surface area is 187 Å². The van der Waals surface area contributed by atoms with Crippen molar-refractivity contribution in [2.24, 2.45) is 0 Å². The summed E-state index contributed by atoms with van der Waals surface area (Å²) in [5.41, 5.74) is 0.675. The van der Waals surface area contributed by atoms with Gasteiger partial charge in [0.1, 0.15) is 39.9 Å². The fourth-order valence-electron chi connectivity index (χ4n) is 3.66. The molecule has 3 rings (SSSR count). The number of hydrogen-bond acceptors (Lipinski definition) is 0. The lowest BCUT2D eigenvalue weighted by Crippen LogP contribution is -2.04. The maximum atomic E-state index is 14.5. The minimum atomic E-state index is -0.944. The Bertz CT molecular complexity index is 1060. The van der Waals surface area contributed by atoms with Crippen molar-refractivity contribution < 1.29 is 26.3 Å². The SMILES string of the molecule is CCCc1cc(F)c(CCc2cc(F)c(CCc3cc(F)c(Cl)c(F)c3)c(F)c2)c(F)c1. The van der Waals surface area contributed by atoms with Crippen molar-refractivity contribution in [3.05, 3.63) is 104 Å². The molecule has 32 heavy (non-hydrogen) atoms. The molecule has 3 aromatic rings. The first-order valence-corrected chi connectivity index (χ1v) is 10.6. The maximum absolute atomic E-state index is 14.5. The van der Waals surface area contributed by atoms with E-state index >= 15 is 0 Å². The van der Waals surface area contributed by atoms with E-state index in [4.69, 9.17) is 11.6 Å². The molecule has 0 N–H and O–H groups in total. The fourth-order valence-corrected chi connectivity index (χ4v) is 3.77. The van der Waals surface area contributed by atoms with Crippen LogP contribution in [-0.4, -0.2) is 0 Å². The Hall–Kier alpha value is -2.47. The van der Waals surface area contributed by atoms with Crippen molar-refractivity contribution in [2.75, 3.05) is 0 Å². The van der Waals surface area contributed by atoms with Crippen LogP contribution < -0.4 is 0 Å². The molecule has 0 saturated heterocycles. The van der Waals surface area contributed by atoms with Gasteiger partial charge in [-0.15, -0.1) is 0 Å². The zero-order valence-corrected chi connectivity index (χ0v) is 18.1. The molecule has 0 aliphatic heterocycles. The van der Waals surface area contributed by atoms with E-state index in [1.54, 1.807) is 0 Å². The first-order valence-electron chi connectivity index (χ1n) is 10.3. The van der Waals surface area contributed by atoms with Crippen molar-refractivity contribution in [1.82, 2.24) is 0 Å². The molecule has 0 aliphatic rings. The van der Waals surface area contributed by atoms with Gasteiger partial charge in [0.2, 0.25) is 0 Å². The second kappa shape index (κ2) is 10.4. The monoisotopic (exact) mass is 470 g/mol. The van der Waals surface area contributed by atoms with E-state index in [0.29, 0.717) is 12.0 Å². The second-order valence-electron chi connectivity index (χ2n) is 7.70. The van der Waals surface area contributed by atoms with Gasteiger partial charge >= 0.3 is 0 Å². The lowest BCUT2D eigenvalue weighted by atomic mass is 9.97. The third kappa shape index (κ3) is 5.66. The lowest BCUT2D eigenvalue weighted by Gasteiger charge is -2.11. The van der Waals surface area contributed by atoms with Crippen LogP contribution in [0.1, 0.15) is 41.2 Å². The zero-order chi connectivity index (χ0) is 23.4. The Morgan fingerprint density at radius 3 is 1.16 bits per heavy atom. The average molecular weight is 471 g/mol. The summed E-state index contributed by atoms with van der Waals surface area (Å²) in [5.74, 6) is -4.88. The summed E-state index contributed by atoms with van der Waals surface area (Å²) >= 11 is 5.43. The van der Waals surface area contributed by atoms with Gasteiger partial charge in [-0.25, -0.2) is 26.3 Å². The second-order valence-corrected chi connectivity index (χ2v) is 8.08. The minimum Gasteiger partial charge on any atom is -0.207 e. The fraction of sp³-hybridized carbons (Fsp3) is 0.280. The topological polar surface area (TPSA) is 0 Å². The third-order valence-corrected chi connectivity index (χ3v) is 5.67. The van der Waals surface area contributed by atoms with Crippen molar-refractivity contribution in [3.8, 4) is 0 Å². The van der Waals surface area contributed by atoms with Crippen LogP contribution in [-0.2, 0) is 32.1 Å². The molecule has 0 saturated carbocycles. The lowest BCUT2D eigenvalue weighted by molar-refractivity contribution is 0.544. The number of hydrogen-bond donors (Lipinski definition) is 0. The maximum Gasteiger partial charge on any atom is 0.145 e. The van der Waals surface area contributed by atoms with E-state index in [2.05, 4.69) is 0 Å². The van der Waals surface area contributed by atoms with E-state index in [-0.39, 0.29) is 47.9 Å². The highest BCUT2D eigenvalue weighted by molar-refractivity contribution is 6.30. The Morgan fingerprint density at radius 2 is 0.812 bits per heavy atom. The van der Waals surface area contributed by atoms with Gasteiger partial charge in [0.15, 0.2) is 0 Å². The molecule has 0 aromatic heterocycles. The zero-order valence-electron chi connectivity index (χ0n) is 17.4. The highest BCUT2D eigenvalue weighted by Crippen LogP contribution is 2.24. The van der Waals surface area contributed by atoms with E-state index < -0.39 is 39.9 Å². The van der Waals surface area contributed by atoms with Crippen molar-refractivity contribution in [1.29, 1.82) is 0 Å².